The van der Waals surface area contributed by atoms with E-state index in [9.17, 15) is 4.79 Å². The molecule has 0 aromatic heterocycles. The van der Waals surface area contributed by atoms with Crippen molar-refractivity contribution in [2.45, 2.75) is 47.5 Å². The first-order valence-electron chi connectivity index (χ1n) is 13.9. The molecule has 1 aromatic rings. The molecule has 0 radical (unpaired) electrons. The topological polar surface area (TPSA) is 80.8 Å². The number of carbonyl (C=O) groups excluding carboxylic acids is 1. The first-order valence-corrected chi connectivity index (χ1v) is 14.2. The Bertz CT molecular complexity index is 996. The summed E-state index contributed by atoms with van der Waals surface area (Å²) in [7, 11) is 7.80. The van der Waals surface area contributed by atoms with Crippen LogP contribution in [0.3, 0.4) is 0 Å². The lowest BCUT2D eigenvalue weighted by atomic mass is 9.87. The largest absolute Gasteiger partial charge is 0.389 e. The third-order valence-electron chi connectivity index (χ3n) is 5.97. The molecule has 1 rings (SSSR count). The van der Waals surface area contributed by atoms with Crippen LogP contribution in [0.1, 0.15) is 47.5 Å². The zero-order valence-corrected chi connectivity index (χ0v) is 27.0. The quantitative estimate of drug-likeness (QED) is 0.0775. The van der Waals surface area contributed by atoms with Gasteiger partial charge >= 0.3 is 0 Å². The van der Waals surface area contributed by atoms with Crippen molar-refractivity contribution in [1.29, 1.82) is 0 Å². The van der Waals surface area contributed by atoms with Crippen molar-refractivity contribution in [3.8, 4) is 0 Å². The second kappa shape index (κ2) is 21.0. The molecule has 224 valence electrons. The Morgan fingerprint density at radius 2 is 1.85 bits per heavy atom. The van der Waals surface area contributed by atoms with Gasteiger partial charge in [-0.15, -0.1) is 0 Å². The molecule has 4 N–H and O–H groups in total. The fraction of sp³-hybridized carbons (Fsp3) is 0.500. The Morgan fingerprint density at radius 1 is 1.20 bits per heavy atom. The summed E-state index contributed by atoms with van der Waals surface area (Å²) < 4.78 is 0. The Morgan fingerprint density at radius 3 is 2.33 bits per heavy atom. The van der Waals surface area contributed by atoms with E-state index in [1.54, 1.807) is 12.4 Å². The van der Waals surface area contributed by atoms with Crippen LogP contribution in [0.5, 0.6) is 0 Å². The van der Waals surface area contributed by atoms with Crippen LogP contribution in [0.2, 0.25) is 0 Å². The maximum atomic E-state index is 11.8. The van der Waals surface area contributed by atoms with E-state index in [-0.39, 0.29) is 11.3 Å². The molecule has 0 aliphatic heterocycles. The minimum atomic E-state index is -0.0435. The third-order valence-corrected chi connectivity index (χ3v) is 6.18. The monoisotopic (exact) mass is 572 g/mol. The lowest BCUT2D eigenvalue weighted by Crippen LogP contribution is -2.34. The Hall–Kier alpha value is -2.87. The molecule has 0 amide bonds. The molecule has 1 atom stereocenters. The second-order valence-corrected chi connectivity index (χ2v) is 11.2. The molecule has 0 bridgehead atoms. The van der Waals surface area contributed by atoms with Gasteiger partial charge in [0.2, 0.25) is 0 Å². The predicted octanol–water partition coefficient (Wildman–Crippen LogP) is 6.16. The number of nitrogens with zero attached hydrogens (tertiary/aromatic N) is 2. The van der Waals surface area contributed by atoms with Crippen molar-refractivity contribution in [2.75, 3.05) is 53.1 Å². The van der Waals surface area contributed by atoms with Crippen molar-refractivity contribution in [1.82, 2.24) is 20.9 Å². The number of anilines is 1. The van der Waals surface area contributed by atoms with Gasteiger partial charge in [0.05, 0.1) is 10.7 Å². The minimum Gasteiger partial charge on any atom is -0.389 e. The molecule has 7 nitrogen and oxygen atoms in total. The average molecular weight is 573 g/mol. The number of para-hydroxylation sites is 1. The number of aliphatic imine (C=N–C) groups is 1. The van der Waals surface area contributed by atoms with E-state index < -0.39 is 0 Å². The second-order valence-electron chi connectivity index (χ2n) is 10.7. The van der Waals surface area contributed by atoms with Gasteiger partial charge in [-0.05, 0) is 57.5 Å². The molecule has 0 heterocycles. The predicted molar refractivity (Wildman–Crippen MR) is 176 cm³/mol. The van der Waals surface area contributed by atoms with Gasteiger partial charge in [0, 0.05) is 69.1 Å². The van der Waals surface area contributed by atoms with Crippen LogP contribution in [0.4, 0.5) is 5.69 Å². The summed E-state index contributed by atoms with van der Waals surface area (Å²) in [5, 5.41) is 13.6. The van der Waals surface area contributed by atoms with E-state index in [0.29, 0.717) is 10.7 Å². The van der Waals surface area contributed by atoms with Crippen molar-refractivity contribution in [2.24, 2.45) is 16.3 Å². The maximum Gasteiger partial charge on any atom is 0.168 e. The standard InChI is InChI=1S/C25H44ClN5O.C7H9N/c1-10-21(12-22(26)15-28-11-2)14-29-18-25(5,6)13-20(4)30-23(17-32)24(27-7)19(3)16-31(8)9;1-8-7-5-3-2-4-6-7/h11-12,15,17,19,27,29-30H,4,10,13-14,16,18H2,1-3,5-9H3;2-6,8H,1H3/b21-12+,22-15+,24-23+,28-11?;. The van der Waals surface area contributed by atoms with Crippen LogP contribution >= 0.6 is 11.6 Å². The van der Waals surface area contributed by atoms with E-state index in [4.69, 9.17) is 11.6 Å². The van der Waals surface area contributed by atoms with Gasteiger partial charge in [0.25, 0.3) is 0 Å². The number of hydrogen-bond donors (Lipinski definition) is 4. The van der Waals surface area contributed by atoms with Crippen molar-refractivity contribution < 1.29 is 4.79 Å². The van der Waals surface area contributed by atoms with E-state index >= 15 is 0 Å². The zero-order chi connectivity index (χ0) is 30.6. The Kier molecular flexibility index (Phi) is 19.5. The van der Waals surface area contributed by atoms with E-state index in [1.165, 1.54) is 5.57 Å². The molecule has 0 aliphatic carbocycles. The number of allylic oxidation sites excluding steroid dienone is 4. The number of rotatable bonds is 17. The van der Waals surface area contributed by atoms with Gasteiger partial charge in [0.15, 0.2) is 6.29 Å². The Balaban J connectivity index is 0.00000161. The molecule has 0 spiro atoms. The van der Waals surface area contributed by atoms with Gasteiger partial charge in [-0.3, -0.25) is 9.79 Å². The third kappa shape index (κ3) is 17.0. The van der Waals surface area contributed by atoms with Crippen LogP contribution in [0.15, 0.2) is 81.9 Å². The highest BCUT2D eigenvalue weighted by atomic mass is 35.5. The van der Waals surface area contributed by atoms with Gasteiger partial charge in [-0.25, -0.2) is 0 Å². The molecule has 8 heteroatoms. The van der Waals surface area contributed by atoms with Gasteiger partial charge in [-0.2, -0.15) is 0 Å². The molecule has 0 fully saturated rings. The highest BCUT2D eigenvalue weighted by molar-refractivity contribution is 6.31. The van der Waals surface area contributed by atoms with Crippen LogP contribution in [0, 0.1) is 11.3 Å². The van der Waals surface area contributed by atoms with Crippen molar-refractivity contribution in [3.05, 3.63) is 76.9 Å². The molecule has 0 saturated heterocycles. The average Bonchev–Trinajstić information content (AvgIpc) is 2.91. The smallest absolute Gasteiger partial charge is 0.168 e. The molecule has 40 heavy (non-hydrogen) atoms. The highest BCUT2D eigenvalue weighted by Gasteiger charge is 2.21. The molecular formula is C32H53ClN6O. The molecule has 1 aromatic carbocycles. The zero-order valence-electron chi connectivity index (χ0n) is 26.2. The van der Waals surface area contributed by atoms with Crippen LogP contribution in [0.25, 0.3) is 0 Å². The normalized spacial score (nSPS) is 13.8. The number of nitrogens with one attached hydrogen (secondary N) is 4. The Labute approximate surface area is 248 Å². The highest BCUT2D eigenvalue weighted by Crippen LogP contribution is 2.24. The number of benzene rings is 1. The first kappa shape index (κ1) is 37.1. The molecule has 1 unspecified atom stereocenters. The van der Waals surface area contributed by atoms with Crippen LogP contribution in [-0.2, 0) is 4.79 Å². The first-order chi connectivity index (χ1) is 18.9. The van der Waals surface area contributed by atoms with Crippen molar-refractivity contribution >= 4 is 29.8 Å². The van der Waals surface area contributed by atoms with E-state index in [2.05, 4.69) is 65.4 Å². The summed E-state index contributed by atoms with van der Waals surface area (Å²) in [4.78, 5) is 17.9. The summed E-state index contributed by atoms with van der Waals surface area (Å²) in [5.74, 6) is 0.188. The SMILES string of the molecule is C=C(CC(C)(C)CNC/C(=C/C(Cl)=C\N=CC)CC)N/C(C=O)=C(/NC)C(C)CN(C)C.CNc1ccccc1. The number of carbonyl (C=O) groups is 1. The lowest BCUT2D eigenvalue weighted by molar-refractivity contribution is -0.105. The summed E-state index contributed by atoms with van der Waals surface area (Å²) in [6.07, 6.45) is 7.82. The summed E-state index contributed by atoms with van der Waals surface area (Å²) in [6.45, 7) is 17.0. The number of halogens is 1. The van der Waals surface area contributed by atoms with Gasteiger partial charge < -0.3 is 26.2 Å². The minimum absolute atomic E-state index is 0.0435. The summed E-state index contributed by atoms with van der Waals surface area (Å²) in [5.41, 5.74) is 4.58. The lowest BCUT2D eigenvalue weighted by Gasteiger charge is -2.28. The van der Waals surface area contributed by atoms with E-state index in [0.717, 1.165) is 55.8 Å². The van der Waals surface area contributed by atoms with Gasteiger partial charge in [-0.1, -0.05) is 69.6 Å². The molecule has 0 saturated carbocycles. The molecular weight excluding hydrogens is 520 g/mol. The maximum absolute atomic E-state index is 11.8. The molecule has 0 aliphatic rings. The van der Waals surface area contributed by atoms with Crippen LogP contribution < -0.4 is 21.3 Å². The number of hydrogen-bond acceptors (Lipinski definition) is 7. The van der Waals surface area contributed by atoms with Crippen molar-refractivity contribution in [3.63, 3.8) is 0 Å². The fourth-order valence-corrected chi connectivity index (χ4v) is 4.35. The van der Waals surface area contributed by atoms with Crippen LogP contribution in [-0.4, -0.2) is 65.2 Å². The summed E-state index contributed by atoms with van der Waals surface area (Å²) >= 11 is 6.20. The number of aldehydes is 1. The van der Waals surface area contributed by atoms with E-state index in [1.807, 2.05) is 71.5 Å². The fourth-order valence-electron chi connectivity index (χ4n) is 4.14. The van der Waals surface area contributed by atoms with Gasteiger partial charge in [0.1, 0.15) is 0 Å². The summed E-state index contributed by atoms with van der Waals surface area (Å²) in [6, 6.07) is 10.1.